The summed E-state index contributed by atoms with van der Waals surface area (Å²) in [6.45, 7) is 9.84. The van der Waals surface area contributed by atoms with Crippen molar-refractivity contribution in [2.75, 3.05) is 6.54 Å². The Balaban J connectivity index is 3.09. The Morgan fingerprint density at radius 3 is 2.43 bits per heavy atom. The molecule has 4 heteroatoms. The second-order valence-corrected chi connectivity index (χ2v) is 6.11. The summed E-state index contributed by atoms with van der Waals surface area (Å²) < 4.78 is 5.42. The van der Waals surface area contributed by atoms with Gasteiger partial charge in [0.15, 0.2) is 0 Å². The fraction of sp³-hybridized carbons (Fsp3) is 0.529. The van der Waals surface area contributed by atoms with Gasteiger partial charge in [-0.25, -0.2) is 4.79 Å². The molecule has 1 aromatic rings. The maximum atomic E-state index is 12.4. The molecule has 1 amide bonds. The lowest BCUT2D eigenvalue weighted by Gasteiger charge is -2.31. The number of hydrogen-bond donors (Lipinski definition) is 0. The first-order valence-electron chi connectivity index (χ1n) is 7.30. The lowest BCUT2D eigenvalue weighted by molar-refractivity contribution is -0.112. The minimum Gasteiger partial charge on any atom is -0.444 e. The summed E-state index contributed by atoms with van der Waals surface area (Å²) in [5.41, 5.74) is 1.24. The van der Waals surface area contributed by atoms with Gasteiger partial charge in [0, 0.05) is 6.54 Å². The normalized spacial score (nSPS) is 12.6. The van der Waals surface area contributed by atoms with Crippen LogP contribution in [-0.2, 0) is 9.53 Å². The number of benzene rings is 1. The van der Waals surface area contributed by atoms with E-state index in [-0.39, 0.29) is 0 Å². The van der Waals surface area contributed by atoms with E-state index in [1.165, 1.54) is 4.90 Å². The van der Waals surface area contributed by atoms with Gasteiger partial charge in [0.05, 0.1) is 0 Å². The first kappa shape index (κ1) is 17.2. The Morgan fingerprint density at radius 1 is 1.33 bits per heavy atom. The van der Waals surface area contributed by atoms with Gasteiger partial charge in [0.1, 0.15) is 17.9 Å². The maximum absolute atomic E-state index is 12.4. The highest BCUT2D eigenvalue weighted by molar-refractivity contribution is 5.75. The van der Waals surface area contributed by atoms with Crippen LogP contribution in [0.2, 0.25) is 0 Å². The maximum Gasteiger partial charge on any atom is 0.411 e. The summed E-state index contributed by atoms with van der Waals surface area (Å²) in [6, 6.07) is 6.99. The Morgan fingerprint density at radius 2 is 1.95 bits per heavy atom. The molecule has 0 N–H and O–H groups in total. The number of carbonyl (C=O) groups is 2. The quantitative estimate of drug-likeness (QED) is 0.773. The Bertz CT molecular complexity index is 491. The van der Waals surface area contributed by atoms with Crippen molar-refractivity contribution in [2.45, 2.75) is 52.7 Å². The molecule has 0 fully saturated rings. The van der Waals surface area contributed by atoms with Gasteiger partial charge in [-0.15, -0.1) is 0 Å². The van der Waals surface area contributed by atoms with Crippen molar-refractivity contribution in [3.8, 4) is 0 Å². The van der Waals surface area contributed by atoms with Gasteiger partial charge in [0.25, 0.3) is 0 Å². The average molecular weight is 291 g/mol. The van der Waals surface area contributed by atoms with E-state index < -0.39 is 17.7 Å². The summed E-state index contributed by atoms with van der Waals surface area (Å²) in [6.07, 6.45) is 1.11. The summed E-state index contributed by atoms with van der Waals surface area (Å²) in [5.74, 6) is 0. The second kappa shape index (κ2) is 7.25. The van der Waals surface area contributed by atoms with Gasteiger partial charge in [-0.1, -0.05) is 31.2 Å². The Hall–Kier alpha value is -1.84. The van der Waals surface area contributed by atoms with Crippen LogP contribution in [0.3, 0.4) is 0 Å². The number of amides is 1. The zero-order valence-corrected chi connectivity index (χ0v) is 13.6. The Kier molecular flexibility index (Phi) is 5.94. The fourth-order valence-electron chi connectivity index (χ4n) is 2.14. The van der Waals surface area contributed by atoms with Gasteiger partial charge < -0.3 is 9.53 Å². The topological polar surface area (TPSA) is 46.6 Å². The highest BCUT2D eigenvalue weighted by Crippen LogP contribution is 2.24. The van der Waals surface area contributed by atoms with Crippen molar-refractivity contribution >= 4 is 12.4 Å². The van der Waals surface area contributed by atoms with Gasteiger partial charge in [-0.2, -0.15) is 0 Å². The number of aldehydes is 1. The number of rotatable bonds is 5. The Labute approximate surface area is 127 Å². The summed E-state index contributed by atoms with van der Waals surface area (Å²) in [7, 11) is 0. The van der Waals surface area contributed by atoms with Crippen molar-refractivity contribution in [3.05, 3.63) is 35.4 Å². The third-order valence-electron chi connectivity index (χ3n) is 3.06. The molecular formula is C17H25NO3. The van der Waals surface area contributed by atoms with E-state index >= 15 is 0 Å². The molecule has 0 bridgehead atoms. The molecule has 1 aromatic carbocycles. The minimum atomic E-state index is -0.610. The summed E-state index contributed by atoms with van der Waals surface area (Å²) in [5, 5.41) is 0. The lowest BCUT2D eigenvalue weighted by atomic mass is 10.0. The van der Waals surface area contributed by atoms with Crippen LogP contribution in [0, 0.1) is 6.92 Å². The molecule has 0 spiro atoms. The SMILES string of the molecule is CCCN(C(=O)OC(C)(C)C)C(C=O)c1ccccc1C. The molecule has 0 saturated carbocycles. The second-order valence-electron chi connectivity index (χ2n) is 6.11. The molecule has 1 unspecified atom stereocenters. The van der Waals surface area contributed by atoms with Crippen LogP contribution in [0.1, 0.15) is 51.3 Å². The van der Waals surface area contributed by atoms with Crippen molar-refractivity contribution in [1.29, 1.82) is 0 Å². The lowest BCUT2D eigenvalue weighted by Crippen LogP contribution is -2.40. The first-order valence-corrected chi connectivity index (χ1v) is 7.30. The minimum absolute atomic E-state index is 0.454. The smallest absolute Gasteiger partial charge is 0.411 e. The highest BCUT2D eigenvalue weighted by atomic mass is 16.6. The van der Waals surface area contributed by atoms with Gasteiger partial charge in [-0.3, -0.25) is 4.90 Å². The van der Waals surface area contributed by atoms with Crippen LogP contribution in [-0.4, -0.2) is 29.4 Å². The van der Waals surface area contributed by atoms with Gasteiger partial charge >= 0.3 is 6.09 Å². The van der Waals surface area contributed by atoms with E-state index in [1.54, 1.807) is 0 Å². The predicted octanol–water partition coefficient (Wildman–Crippen LogP) is 3.88. The van der Waals surface area contributed by atoms with Crippen LogP contribution in [0.15, 0.2) is 24.3 Å². The number of nitrogens with zero attached hydrogens (tertiary/aromatic N) is 1. The van der Waals surface area contributed by atoms with Crippen LogP contribution in [0.5, 0.6) is 0 Å². The standard InChI is InChI=1S/C17H25NO3/c1-6-11-18(16(20)21-17(3,4)5)15(12-19)14-10-8-7-9-13(14)2/h7-10,12,15H,6,11H2,1-5H3. The molecule has 0 aliphatic heterocycles. The molecule has 0 heterocycles. The molecule has 116 valence electrons. The summed E-state index contributed by atoms with van der Waals surface area (Å²) in [4.78, 5) is 25.5. The largest absolute Gasteiger partial charge is 0.444 e. The average Bonchev–Trinajstić information content (AvgIpc) is 2.38. The number of aryl methyl sites for hydroxylation is 1. The van der Waals surface area contributed by atoms with E-state index in [4.69, 9.17) is 4.74 Å². The highest BCUT2D eigenvalue weighted by Gasteiger charge is 2.29. The predicted molar refractivity (Wildman–Crippen MR) is 83.2 cm³/mol. The number of ether oxygens (including phenoxy) is 1. The van der Waals surface area contributed by atoms with E-state index in [1.807, 2.05) is 58.9 Å². The monoisotopic (exact) mass is 291 g/mol. The summed E-state index contributed by atoms with van der Waals surface area (Å²) >= 11 is 0. The van der Waals surface area contributed by atoms with Gasteiger partial charge in [-0.05, 0) is 45.2 Å². The molecule has 1 atom stereocenters. The number of carbonyl (C=O) groups excluding carboxylic acids is 2. The van der Waals surface area contributed by atoms with Gasteiger partial charge in [0.2, 0.25) is 0 Å². The van der Waals surface area contributed by atoms with E-state index in [0.717, 1.165) is 23.8 Å². The van der Waals surface area contributed by atoms with Crippen LogP contribution >= 0.6 is 0 Å². The third-order valence-corrected chi connectivity index (χ3v) is 3.06. The first-order chi connectivity index (χ1) is 9.80. The molecule has 0 aliphatic rings. The number of hydrogen-bond acceptors (Lipinski definition) is 3. The van der Waals surface area contributed by atoms with E-state index in [0.29, 0.717) is 6.54 Å². The molecule has 0 radical (unpaired) electrons. The molecule has 1 rings (SSSR count). The molecule has 4 nitrogen and oxygen atoms in total. The zero-order chi connectivity index (χ0) is 16.0. The van der Waals surface area contributed by atoms with E-state index in [9.17, 15) is 9.59 Å². The molecule has 0 aliphatic carbocycles. The van der Waals surface area contributed by atoms with Crippen LogP contribution in [0.4, 0.5) is 4.79 Å². The third kappa shape index (κ3) is 4.88. The van der Waals surface area contributed by atoms with Crippen molar-refractivity contribution in [2.24, 2.45) is 0 Å². The molecule has 21 heavy (non-hydrogen) atoms. The fourth-order valence-corrected chi connectivity index (χ4v) is 2.14. The molecule has 0 aromatic heterocycles. The van der Waals surface area contributed by atoms with Crippen molar-refractivity contribution in [3.63, 3.8) is 0 Å². The van der Waals surface area contributed by atoms with Crippen LogP contribution < -0.4 is 0 Å². The van der Waals surface area contributed by atoms with E-state index in [2.05, 4.69) is 0 Å². The van der Waals surface area contributed by atoms with Crippen LogP contribution in [0.25, 0.3) is 0 Å². The molecular weight excluding hydrogens is 266 g/mol. The molecule has 0 saturated heterocycles. The zero-order valence-electron chi connectivity index (χ0n) is 13.6. The van der Waals surface area contributed by atoms with Crippen molar-refractivity contribution < 1.29 is 14.3 Å². The van der Waals surface area contributed by atoms with Crippen molar-refractivity contribution in [1.82, 2.24) is 4.90 Å².